The lowest BCUT2D eigenvalue weighted by atomic mass is 9.79. The number of hydrogen-bond donors (Lipinski definition) is 2. The minimum atomic E-state index is -0.453. The van der Waals surface area contributed by atoms with Crippen LogP contribution in [0.15, 0.2) is 17.5 Å². The quantitative estimate of drug-likeness (QED) is 0.869. The average Bonchev–Trinajstić information content (AvgIpc) is 3.17. The van der Waals surface area contributed by atoms with Crippen molar-refractivity contribution in [3.05, 3.63) is 22.4 Å². The third-order valence-corrected chi connectivity index (χ3v) is 5.96. The van der Waals surface area contributed by atoms with Gasteiger partial charge in [0.1, 0.15) is 0 Å². The molecule has 23 heavy (non-hydrogen) atoms. The smallest absolute Gasteiger partial charge is 0.234 e. The second-order valence-corrected chi connectivity index (χ2v) is 8.01. The number of hydrogen-bond acceptors (Lipinski definition) is 6. The molecule has 5 nitrogen and oxygen atoms in total. The van der Waals surface area contributed by atoms with Crippen LogP contribution in [0.3, 0.4) is 0 Å². The number of thiophene rings is 1. The lowest BCUT2D eigenvalue weighted by Gasteiger charge is -2.35. The molecule has 0 aromatic carbocycles. The molecule has 2 N–H and O–H groups in total. The third kappa shape index (κ3) is 3.63. The fourth-order valence-electron chi connectivity index (χ4n) is 2.86. The predicted octanol–water partition coefficient (Wildman–Crippen LogP) is 3.13. The van der Waals surface area contributed by atoms with E-state index >= 15 is 0 Å². The summed E-state index contributed by atoms with van der Waals surface area (Å²) < 4.78 is 5.32. The molecule has 1 aliphatic heterocycles. The zero-order chi connectivity index (χ0) is 16.3. The van der Waals surface area contributed by atoms with Gasteiger partial charge in [-0.25, -0.2) is 4.98 Å². The van der Waals surface area contributed by atoms with Crippen molar-refractivity contribution in [3.63, 3.8) is 0 Å². The normalized spacial score (nSPS) is 17.1. The van der Waals surface area contributed by atoms with Gasteiger partial charge in [0.15, 0.2) is 5.13 Å². The Morgan fingerprint density at radius 1 is 1.43 bits per heavy atom. The molecule has 0 atom stereocenters. The molecule has 0 radical (unpaired) electrons. The van der Waals surface area contributed by atoms with Crippen molar-refractivity contribution in [2.45, 2.75) is 19.8 Å². The SMILES string of the molecule is COCC1(C(=O)Nc2nc(-c3ccc(C)s3)cs2)CCNCC1. The van der Waals surface area contributed by atoms with E-state index in [0.29, 0.717) is 11.7 Å². The maximum Gasteiger partial charge on any atom is 0.234 e. The highest BCUT2D eigenvalue weighted by molar-refractivity contribution is 7.17. The van der Waals surface area contributed by atoms with Gasteiger partial charge in [0, 0.05) is 17.4 Å². The van der Waals surface area contributed by atoms with Crippen LogP contribution in [0.2, 0.25) is 0 Å². The first kappa shape index (κ1) is 16.6. The minimum absolute atomic E-state index is 0.0177. The number of nitrogens with zero attached hydrogens (tertiary/aromatic N) is 1. The number of nitrogens with one attached hydrogen (secondary N) is 2. The van der Waals surface area contributed by atoms with Crippen molar-refractivity contribution < 1.29 is 9.53 Å². The molecule has 2 aromatic rings. The van der Waals surface area contributed by atoms with Crippen LogP contribution < -0.4 is 10.6 Å². The monoisotopic (exact) mass is 351 g/mol. The lowest BCUT2D eigenvalue weighted by Crippen LogP contribution is -2.47. The Kier molecular flexibility index (Phi) is 5.11. The largest absolute Gasteiger partial charge is 0.384 e. The Labute approximate surface area is 144 Å². The highest BCUT2D eigenvalue weighted by atomic mass is 32.1. The molecule has 3 rings (SSSR count). The number of carbonyl (C=O) groups is 1. The fraction of sp³-hybridized carbons (Fsp3) is 0.500. The van der Waals surface area contributed by atoms with Crippen molar-refractivity contribution in [2.24, 2.45) is 5.41 Å². The van der Waals surface area contributed by atoms with Crippen molar-refractivity contribution in [3.8, 4) is 10.6 Å². The molecule has 0 unspecified atom stereocenters. The molecular weight excluding hydrogens is 330 g/mol. The van der Waals surface area contributed by atoms with Crippen molar-refractivity contribution in [2.75, 3.05) is 32.1 Å². The van der Waals surface area contributed by atoms with Crippen LogP contribution in [0.4, 0.5) is 5.13 Å². The Bertz CT molecular complexity index is 669. The van der Waals surface area contributed by atoms with Gasteiger partial charge in [0.2, 0.25) is 5.91 Å². The van der Waals surface area contributed by atoms with Crippen LogP contribution in [0.5, 0.6) is 0 Å². The first-order valence-corrected chi connectivity index (χ1v) is 9.36. The maximum atomic E-state index is 12.8. The molecule has 1 fully saturated rings. The van der Waals surface area contributed by atoms with E-state index in [2.05, 4.69) is 34.7 Å². The molecule has 1 amide bonds. The van der Waals surface area contributed by atoms with E-state index in [1.165, 1.54) is 16.2 Å². The molecule has 1 aliphatic rings. The molecule has 0 bridgehead atoms. The summed E-state index contributed by atoms with van der Waals surface area (Å²) in [6.45, 7) is 4.21. The van der Waals surface area contributed by atoms with E-state index in [9.17, 15) is 4.79 Å². The topological polar surface area (TPSA) is 63.2 Å². The van der Waals surface area contributed by atoms with E-state index in [-0.39, 0.29) is 5.91 Å². The van der Waals surface area contributed by atoms with Gasteiger partial charge >= 0.3 is 0 Å². The second kappa shape index (κ2) is 7.09. The van der Waals surface area contributed by atoms with E-state index < -0.39 is 5.41 Å². The summed E-state index contributed by atoms with van der Waals surface area (Å²) in [5.74, 6) is 0.0177. The number of piperidine rings is 1. The van der Waals surface area contributed by atoms with Crippen LogP contribution in [0.25, 0.3) is 10.6 Å². The van der Waals surface area contributed by atoms with Gasteiger partial charge in [-0.2, -0.15) is 0 Å². The molecule has 3 heterocycles. The van der Waals surface area contributed by atoms with Gasteiger partial charge in [0.05, 0.1) is 22.6 Å². The fourth-order valence-corrected chi connectivity index (χ4v) is 4.47. The van der Waals surface area contributed by atoms with Crippen LogP contribution >= 0.6 is 22.7 Å². The van der Waals surface area contributed by atoms with E-state index in [1.807, 2.05) is 5.38 Å². The van der Waals surface area contributed by atoms with Gasteiger partial charge in [-0.15, -0.1) is 22.7 Å². The van der Waals surface area contributed by atoms with E-state index in [4.69, 9.17) is 4.74 Å². The van der Waals surface area contributed by atoms with Crippen molar-refractivity contribution in [1.82, 2.24) is 10.3 Å². The molecule has 0 saturated carbocycles. The Morgan fingerprint density at radius 2 is 2.22 bits per heavy atom. The van der Waals surface area contributed by atoms with Crippen LogP contribution in [0, 0.1) is 12.3 Å². The van der Waals surface area contributed by atoms with Gasteiger partial charge in [-0.05, 0) is 45.0 Å². The summed E-state index contributed by atoms with van der Waals surface area (Å²) in [6, 6.07) is 4.15. The zero-order valence-electron chi connectivity index (χ0n) is 13.3. The summed E-state index contributed by atoms with van der Waals surface area (Å²) >= 11 is 3.18. The molecule has 1 saturated heterocycles. The van der Waals surface area contributed by atoms with Crippen molar-refractivity contribution in [1.29, 1.82) is 0 Å². The molecule has 0 aliphatic carbocycles. The second-order valence-electron chi connectivity index (χ2n) is 5.87. The minimum Gasteiger partial charge on any atom is -0.384 e. The van der Waals surface area contributed by atoms with E-state index in [1.54, 1.807) is 18.4 Å². The first-order chi connectivity index (χ1) is 11.1. The Balaban J connectivity index is 1.73. The molecule has 7 heteroatoms. The zero-order valence-corrected chi connectivity index (χ0v) is 15.0. The molecular formula is C16H21N3O2S2. The van der Waals surface area contributed by atoms with Crippen LogP contribution in [-0.2, 0) is 9.53 Å². The number of carbonyl (C=O) groups excluding carboxylic acids is 1. The van der Waals surface area contributed by atoms with Gasteiger partial charge in [0.25, 0.3) is 0 Å². The predicted molar refractivity (Wildman–Crippen MR) is 95.2 cm³/mol. The number of aryl methyl sites for hydroxylation is 1. The summed E-state index contributed by atoms with van der Waals surface area (Å²) in [5.41, 5.74) is 0.472. The highest BCUT2D eigenvalue weighted by Gasteiger charge is 2.40. The maximum absolute atomic E-state index is 12.8. The third-order valence-electron chi connectivity index (χ3n) is 4.18. The van der Waals surface area contributed by atoms with Gasteiger partial charge < -0.3 is 15.4 Å². The molecule has 124 valence electrons. The lowest BCUT2D eigenvalue weighted by molar-refractivity contribution is -0.130. The molecule has 2 aromatic heterocycles. The highest BCUT2D eigenvalue weighted by Crippen LogP contribution is 2.33. The average molecular weight is 351 g/mol. The van der Waals surface area contributed by atoms with E-state index in [0.717, 1.165) is 36.5 Å². The Hall–Kier alpha value is -1.28. The summed E-state index contributed by atoms with van der Waals surface area (Å²) in [6.07, 6.45) is 1.57. The number of rotatable bonds is 5. The number of ether oxygens (including phenoxy) is 1. The van der Waals surface area contributed by atoms with Crippen molar-refractivity contribution >= 4 is 33.7 Å². The standard InChI is InChI=1S/C16H21N3O2S2/c1-11-3-4-13(23-11)12-9-22-15(18-12)19-14(20)16(10-21-2)5-7-17-8-6-16/h3-4,9,17H,5-8,10H2,1-2H3,(H,18,19,20). The van der Waals surface area contributed by atoms with Crippen LogP contribution in [-0.4, -0.2) is 37.7 Å². The number of amides is 1. The van der Waals surface area contributed by atoms with Gasteiger partial charge in [-0.1, -0.05) is 0 Å². The summed E-state index contributed by atoms with van der Waals surface area (Å²) in [4.78, 5) is 19.7. The number of anilines is 1. The number of aromatic nitrogens is 1. The number of thiazole rings is 1. The molecule has 0 spiro atoms. The first-order valence-electron chi connectivity index (χ1n) is 7.66. The Morgan fingerprint density at radius 3 is 2.87 bits per heavy atom. The van der Waals surface area contributed by atoms with Crippen LogP contribution in [0.1, 0.15) is 17.7 Å². The summed E-state index contributed by atoms with van der Waals surface area (Å²) in [5, 5.41) is 8.95. The van der Waals surface area contributed by atoms with Gasteiger partial charge in [-0.3, -0.25) is 4.79 Å². The number of methoxy groups -OCH3 is 1. The summed E-state index contributed by atoms with van der Waals surface area (Å²) in [7, 11) is 1.65.